The Balaban J connectivity index is 1.92. The van der Waals surface area contributed by atoms with Crippen LogP contribution in [0.4, 0.5) is 14.9 Å². The van der Waals surface area contributed by atoms with Gasteiger partial charge < -0.3 is 24.6 Å². The molecule has 3 atom stereocenters. The van der Waals surface area contributed by atoms with Crippen LogP contribution in [0.3, 0.4) is 0 Å². The standard InChI is InChI=1S/C37H60FN3O3/c1-11-12-15-26(4)39-27(5)30-20-31(24-40(23-30)36(42)44-37(7,8)9)28(6)41(32-17-18-32)35-21-29(16-13-14-19-43-10)33(25(2)3)22-34(35)38/h21-22,25-26,30-32,39H,5-6,11-20,23-24H2,1-4,7-10H3/t26-,30+,31-/m1/s1. The van der Waals surface area contributed by atoms with Crippen molar-refractivity contribution in [1.82, 2.24) is 10.2 Å². The summed E-state index contributed by atoms with van der Waals surface area (Å²) in [4.78, 5) is 17.3. The van der Waals surface area contributed by atoms with E-state index in [1.54, 1.807) is 13.2 Å². The molecule has 248 valence electrons. The topological polar surface area (TPSA) is 54.0 Å². The molecule has 1 aromatic carbocycles. The zero-order chi connectivity index (χ0) is 32.6. The number of rotatable bonds is 16. The van der Waals surface area contributed by atoms with Gasteiger partial charge in [-0.15, -0.1) is 0 Å². The van der Waals surface area contributed by atoms with Gasteiger partial charge in [0, 0.05) is 62.1 Å². The van der Waals surface area contributed by atoms with Gasteiger partial charge in [0.15, 0.2) is 0 Å². The molecule has 1 aromatic rings. The molecule has 1 saturated heterocycles. The highest BCUT2D eigenvalue weighted by Gasteiger charge is 2.40. The monoisotopic (exact) mass is 613 g/mol. The lowest BCUT2D eigenvalue weighted by Crippen LogP contribution is -2.49. The zero-order valence-corrected chi connectivity index (χ0v) is 28.9. The Bertz CT molecular complexity index is 1120. The minimum absolute atomic E-state index is 0.0349. The van der Waals surface area contributed by atoms with Crippen LogP contribution in [0.1, 0.15) is 117 Å². The number of aryl methyl sites for hydroxylation is 1. The third-order valence-corrected chi connectivity index (χ3v) is 8.85. The first-order chi connectivity index (χ1) is 20.7. The Labute approximate surface area is 267 Å². The summed E-state index contributed by atoms with van der Waals surface area (Å²) in [6.07, 6.45) is 8.70. The van der Waals surface area contributed by atoms with Crippen LogP contribution < -0.4 is 10.2 Å². The molecule has 0 aromatic heterocycles. The van der Waals surface area contributed by atoms with Gasteiger partial charge in [-0.1, -0.05) is 46.8 Å². The molecular formula is C37H60FN3O3. The molecule has 1 saturated carbocycles. The van der Waals surface area contributed by atoms with Gasteiger partial charge >= 0.3 is 6.09 Å². The first kappa shape index (κ1) is 35.9. The van der Waals surface area contributed by atoms with Crippen molar-refractivity contribution < 1.29 is 18.7 Å². The lowest BCUT2D eigenvalue weighted by molar-refractivity contribution is 0.0135. The minimum atomic E-state index is -0.596. The third-order valence-electron chi connectivity index (χ3n) is 8.85. The first-order valence-electron chi connectivity index (χ1n) is 17.0. The number of nitrogens with one attached hydrogen (secondary N) is 1. The van der Waals surface area contributed by atoms with Gasteiger partial charge in [0.2, 0.25) is 0 Å². The summed E-state index contributed by atoms with van der Waals surface area (Å²) in [5.74, 6) is 0.0104. The highest BCUT2D eigenvalue weighted by molar-refractivity contribution is 5.68. The number of methoxy groups -OCH3 is 1. The van der Waals surface area contributed by atoms with E-state index in [2.05, 4.69) is 57.1 Å². The molecule has 0 bridgehead atoms. The van der Waals surface area contributed by atoms with Gasteiger partial charge in [-0.25, -0.2) is 9.18 Å². The average Bonchev–Trinajstić information content (AvgIpc) is 3.79. The van der Waals surface area contributed by atoms with Crippen molar-refractivity contribution in [2.24, 2.45) is 11.8 Å². The highest BCUT2D eigenvalue weighted by Crippen LogP contribution is 2.42. The molecule has 1 heterocycles. The number of nitrogens with zero attached hydrogens (tertiary/aromatic N) is 2. The maximum absolute atomic E-state index is 16.0. The van der Waals surface area contributed by atoms with Crippen molar-refractivity contribution in [1.29, 1.82) is 0 Å². The Morgan fingerprint density at radius 1 is 1.11 bits per heavy atom. The second-order valence-corrected chi connectivity index (χ2v) is 14.4. The largest absolute Gasteiger partial charge is 0.444 e. The van der Waals surface area contributed by atoms with E-state index in [-0.39, 0.29) is 35.7 Å². The number of benzene rings is 1. The van der Waals surface area contributed by atoms with Gasteiger partial charge in [0.1, 0.15) is 11.4 Å². The average molecular weight is 614 g/mol. The summed E-state index contributed by atoms with van der Waals surface area (Å²) in [5.41, 5.74) is 4.10. The van der Waals surface area contributed by atoms with Crippen LogP contribution in [-0.4, -0.2) is 55.5 Å². The maximum atomic E-state index is 16.0. The zero-order valence-electron chi connectivity index (χ0n) is 28.9. The van der Waals surface area contributed by atoms with E-state index in [1.807, 2.05) is 25.7 Å². The smallest absolute Gasteiger partial charge is 0.410 e. The summed E-state index contributed by atoms with van der Waals surface area (Å²) in [5, 5.41) is 3.62. The molecule has 1 aliphatic carbocycles. The molecule has 0 unspecified atom stereocenters. The molecule has 2 aliphatic rings. The van der Waals surface area contributed by atoms with Crippen molar-refractivity contribution in [3.8, 4) is 0 Å². The van der Waals surface area contributed by atoms with Crippen LogP contribution in [0.5, 0.6) is 0 Å². The van der Waals surface area contributed by atoms with Crippen LogP contribution in [0, 0.1) is 17.7 Å². The van der Waals surface area contributed by atoms with E-state index in [0.717, 1.165) is 81.4 Å². The fraction of sp³-hybridized carbons (Fsp3) is 0.703. The number of anilines is 1. The number of hydrogen-bond donors (Lipinski definition) is 1. The fourth-order valence-corrected chi connectivity index (χ4v) is 6.32. The van der Waals surface area contributed by atoms with E-state index in [4.69, 9.17) is 9.47 Å². The molecule has 1 amide bonds. The molecule has 44 heavy (non-hydrogen) atoms. The Kier molecular flexibility index (Phi) is 13.2. The van der Waals surface area contributed by atoms with Crippen molar-refractivity contribution in [2.45, 2.75) is 130 Å². The Hall–Kier alpha value is -2.54. The van der Waals surface area contributed by atoms with E-state index in [9.17, 15) is 4.79 Å². The number of hydrogen-bond acceptors (Lipinski definition) is 5. The van der Waals surface area contributed by atoms with Gasteiger partial charge in [0.25, 0.3) is 0 Å². The summed E-state index contributed by atoms with van der Waals surface area (Å²) >= 11 is 0. The van der Waals surface area contributed by atoms with Crippen LogP contribution in [0.2, 0.25) is 0 Å². The predicted molar refractivity (Wildman–Crippen MR) is 181 cm³/mol. The fourth-order valence-electron chi connectivity index (χ4n) is 6.32. The van der Waals surface area contributed by atoms with E-state index in [0.29, 0.717) is 24.8 Å². The van der Waals surface area contributed by atoms with Crippen molar-refractivity contribution in [3.63, 3.8) is 0 Å². The SMILES string of the molecule is C=C(N[C@H](C)CCCC)[C@H]1C[C@@H](C(=C)N(c2cc(CCCCOC)c(C(C)C)cc2F)C2CC2)CN(C(=O)OC(C)(C)C)C1. The minimum Gasteiger partial charge on any atom is -0.444 e. The van der Waals surface area contributed by atoms with Crippen molar-refractivity contribution in [3.05, 3.63) is 53.6 Å². The molecule has 1 aliphatic heterocycles. The van der Waals surface area contributed by atoms with Gasteiger partial charge in [-0.3, -0.25) is 0 Å². The predicted octanol–water partition coefficient (Wildman–Crippen LogP) is 8.96. The number of ether oxygens (including phenoxy) is 2. The third kappa shape index (κ3) is 10.3. The van der Waals surface area contributed by atoms with Crippen LogP contribution in [0.25, 0.3) is 0 Å². The second-order valence-electron chi connectivity index (χ2n) is 14.4. The quantitative estimate of drug-likeness (QED) is 0.189. The first-order valence-corrected chi connectivity index (χ1v) is 17.0. The van der Waals surface area contributed by atoms with Gasteiger partial charge in [-0.05, 0) is 102 Å². The number of piperidine rings is 1. The van der Waals surface area contributed by atoms with Crippen LogP contribution >= 0.6 is 0 Å². The summed E-state index contributed by atoms with van der Waals surface area (Å²) in [6, 6.07) is 4.34. The Morgan fingerprint density at radius 2 is 1.80 bits per heavy atom. The molecule has 7 heteroatoms. The molecule has 1 N–H and O–H groups in total. The number of carbonyl (C=O) groups excluding carboxylic acids is 1. The number of likely N-dealkylation sites (tertiary alicyclic amines) is 1. The number of unbranched alkanes of at least 4 members (excludes halogenated alkanes) is 2. The second kappa shape index (κ2) is 16.1. The lowest BCUT2D eigenvalue weighted by Gasteiger charge is -2.42. The Morgan fingerprint density at radius 3 is 2.39 bits per heavy atom. The maximum Gasteiger partial charge on any atom is 0.410 e. The normalized spacial score (nSPS) is 19.5. The molecule has 3 rings (SSSR count). The number of carbonyl (C=O) groups is 1. The van der Waals surface area contributed by atoms with E-state index >= 15 is 4.39 Å². The molecule has 0 radical (unpaired) electrons. The summed E-state index contributed by atoms with van der Waals surface area (Å²) < 4.78 is 27.1. The molecule has 6 nitrogen and oxygen atoms in total. The highest BCUT2D eigenvalue weighted by atomic mass is 19.1. The van der Waals surface area contributed by atoms with Crippen LogP contribution in [-0.2, 0) is 15.9 Å². The summed E-state index contributed by atoms with van der Waals surface area (Å²) in [6.45, 7) is 25.1. The number of amides is 1. The molecule has 0 spiro atoms. The van der Waals surface area contributed by atoms with Gasteiger partial charge in [0.05, 0.1) is 5.69 Å². The van der Waals surface area contributed by atoms with E-state index in [1.165, 1.54) is 5.56 Å². The van der Waals surface area contributed by atoms with Crippen molar-refractivity contribution in [2.75, 3.05) is 31.7 Å². The van der Waals surface area contributed by atoms with Crippen LogP contribution in [0.15, 0.2) is 36.7 Å². The van der Waals surface area contributed by atoms with E-state index < -0.39 is 5.60 Å². The number of halogens is 1. The lowest BCUT2D eigenvalue weighted by atomic mass is 9.84. The van der Waals surface area contributed by atoms with Gasteiger partial charge in [-0.2, -0.15) is 0 Å². The molecular weight excluding hydrogens is 553 g/mol. The summed E-state index contributed by atoms with van der Waals surface area (Å²) in [7, 11) is 1.73. The van der Waals surface area contributed by atoms with Crippen molar-refractivity contribution >= 4 is 11.8 Å². The molecule has 2 fully saturated rings.